The third kappa shape index (κ3) is 47.1. The van der Waals surface area contributed by atoms with Gasteiger partial charge < -0.3 is 14.2 Å². The van der Waals surface area contributed by atoms with Crippen LogP contribution in [0.5, 0.6) is 0 Å². The number of hydrogen-bond acceptors (Lipinski definition) is 6. The molecule has 0 amide bonds. The highest BCUT2D eigenvalue weighted by atomic mass is 16.6. The van der Waals surface area contributed by atoms with Crippen LogP contribution >= 0.6 is 0 Å². The van der Waals surface area contributed by atoms with Crippen molar-refractivity contribution >= 4 is 17.9 Å². The molecule has 0 radical (unpaired) electrons. The van der Waals surface area contributed by atoms with Gasteiger partial charge in [-0.25, -0.2) is 0 Å². The van der Waals surface area contributed by atoms with Gasteiger partial charge in [0, 0.05) is 19.3 Å². The summed E-state index contributed by atoms with van der Waals surface area (Å²) in [6, 6.07) is 0. The average Bonchev–Trinajstić information content (AvgIpc) is 3.23. The zero-order chi connectivity index (χ0) is 43.0. The first-order valence-corrected chi connectivity index (χ1v) is 26.2. The molecular formula is C53H100O6. The predicted molar refractivity (Wildman–Crippen MR) is 252 cm³/mol. The topological polar surface area (TPSA) is 78.9 Å². The third-order valence-corrected chi connectivity index (χ3v) is 11.8. The number of unbranched alkanes of at least 4 members (excludes halogenated alkanes) is 35. The molecule has 0 saturated heterocycles. The lowest BCUT2D eigenvalue weighted by atomic mass is 10.0. The lowest BCUT2D eigenvalue weighted by Gasteiger charge is -2.18. The molecular weight excluding hydrogens is 733 g/mol. The van der Waals surface area contributed by atoms with Gasteiger partial charge >= 0.3 is 17.9 Å². The van der Waals surface area contributed by atoms with Gasteiger partial charge in [0.05, 0.1) is 0 Å². The minimum atomic E-state index is -0.773. The number of carbonyl (C=O) groups is 3. The summed E-state index contributed by atoms with van der Waals surface area (Å²) in [6.07, 6.45) is 53.5. The maximum absolute atomic E-state index is 12.7. The first kappa shape index (κ1) is 57.1. The van der Waals surface area contributed by atoms with Gasteiger partial charge in [-0.2, -0.15) is 0 Å². The van der Waals surface area contributed by atoms with Gasteiger partial charge in [-0.3, -0.25) is 14.4 Å². The molecule has 0 aromatic carbocycles. The van der Waals surface area contributed by atoms with Crippen LogP contribution in [-0.4, -0.2) is 37.2 Å². The van der Waals surface area contributed by atoms with Crippen molar-refractivity contribution in [2.45, 2.75) is 297 Å². The van der Waals surface area contributed by atoms with Crippen LogP contribution in [0.3, 0.4) is 0 Å². The Kier molecular flexibility index (Phi) is 47.3. The molecule has 0 aromatic rings. The molecule has 0 bridgehead atoms. The Labute approximate surface area is 367 Å². The van der Waals surface area contributed by atoms with Crippen LogP contribution in [0.4, 0.5) is 0 Å². The standard InChI is InChI=1S/C53H100O6/c1-4-7-10-13-16-19-21-23-24-25-26-27-28-30-31-34-37-40-43-46-52(55)58-49-50(48-57-51(54)45-42-39-36-33-18-15-12-9-6-3)59-53(56)47-44-41-38-35-32-29-22-20-17-14-11-8-5-2/h33,36,50H,4-32,34-35,37-49H2,1-3H3/b36-33-. The molecule has 0 aliphatic heterocycles. The van der Waals surface area contributed by atoms with Crippen LogP contribution in [0.2, 0.25) is 0 Å². The SMILES string of the molecule is CCCCCC/C=C\CCCC(=O)OCC(COC(=O)CCCCCCCCCCCCCCCCCCCCC)OC(=O)CCCCCCCCCCCCCCC. The first-order chi connectivity index (χ1) is 29.0. The summed E-state index contributed by atoms with van der Waals surface area (Å²) in [5.41, 5.74) is 0. The van der Waals surface area contributed by atoms with E-state index in [9.17, 15) is 14.4 Å². The molecule has 6 nitrogen and oxygen atoms in total. The maximum Gasteiger partial charge on any atom is 0.306 e. The quantitative estimate of drug-likeness (QED) is 0.0263. The fourth-order valence-corrected chi connectivity index (χ4v) is 7.80. The summed E-state index contributed by atoms with van der Waals surface area (Å²) >= 11 is 0. The van der Waals surface area contributed by atoms with E-state index in [4.69, 9.17) is 14.2 Å². The third-order valence-electron chi connectivity index (χ3n) is 11.8. The monoisotopic (exact) mass is 833 g/mol. The summed E-state index contributed by atoms with van der Waals surface area (Å²) in [5.74, 6) is -0.894. The van der Waals surface area contributed by atoms with E-state index in [0.29, 0.717) is 19.3 Å². The van der Waals surface area contributed by atoms with Gasteiger partial charge in [-0.05, 0) is 38.5 Å². The van der Waals surface area contributed by atoms with Gasteiger partial charge in [0.25, 0.3) is 0 Å². The highest BCUT2D eigenvalue weighted by Crippen LogP contribution is 2.17. The molecule has 0 aliphatic carbocycles. The summed E-state index contributed by atoms with van der Waals surface area (Å²) in [5, 5.41) is 0. The molecule has 0 heterocycles. The van der Waals surface area contributed by atoms with Crippen molar-refractivity contribution < 1.29 is 28.6 Å². The smallest absolute Gasteiger partial charge is 0.306 e. The van der Waals surface area contributed by atoms with E-state index in [1.165, 1.54) is 193 Å². The van der Waals surface area contributed by atoms with E-state index in [1.54, 1.807) is 0 Å². The second kappa shape index (κ2) is 48.8. The zero-order valence-electron chi connectivity index (χ0n) is 39.8. The Bertz CT molecular complexity index is 916. The molecule has 0 saturated carbocycles. The average molecular weight is 833 g/mol. The van der Waals surface area contributed by atoms with Gasteiger partial charge in [0.1, 0.15) is 13.2 Å². The largest absolute Gasteiger partial charge is 0.462 e. The van der Waals surface area contributed by atoms with E-state index in [1.807, 2.05) is 0 Å². The number of rotatable bonds is 48. The highest BCUT2D eigenvalue weighted by Gasteiger charge is 2.19. The molecule has 0 N–H and O–H groups in total. The highest BCUT2D eigenvalue weighted by molar-refractivity contribution is 5.71. The Morgan fingerprint density at radius 2 is 0.576 bits per heavy atom. The molecule has 0 spiro atoms. The summed E-state index contributed by atoms with van der Waals surface area (Å²) in [4.78, 5) is 37.8. The number of ether oxygens (including phenoxy) is 3. The Morgan fingerprint density at radius 1 is 0.322 bits per heavy atom. The Balaban J connectivity index is 4.23. The summed E-state index contributed by atoms with van der Waals surface area (Å²) < 4.78 is 16.7. The Morgan fingerprint density at radius 3 is 0.915 bits per heavy atom. The van der Waals surface area contributed by atoms with Crippen LogP contribution in [0, 0.1) is 0 Å². The molecule has 0 rings (SSSR count). The minimum Gasteiger partial charge on any atom is -0.462 e. The number of esters is 3. The van der Waals surface area contributed by atoms with Gasteiger partial charge in [-0.15, -0.1) is 0 Å². The van der Waals surface area contributed by atoms with E-state index < -0.39 is 6.10 Å². The van der Waals surface area contributed by atoms with Crippen LogP contribution in [0.25, 0.3) is 0 Å². The van der Waals surface area contributed by atoms with Crippen molar-refractivity contribution in [3.63, 3.8) is 0 Å². The second-order valence-corrected chi connectivity index (χ2v) is 17.8. The molecule has 0 aliphatic rings. The summed E-state index contributed by atoms with van der Waals surface area (Å²) in [6.45, 7) is 6.62. The number of carbonyl (C=O) groups excluding carboxylic acids is 3. The van der Waals surface area contributed by atoms with Crippen molar-refractivity contribution in [1.29, 1.82) is 0 Å². The molecule has 0 aromatic heterocycles. The molecule has 1 unspecified atom stereocenters. The Hall–Kier alpha value is -1.85. The zero-order valence-corrected chi connectivity index (χ0v) is 39.8. The van der Waals surface area contributed by atoms with Crippen molar-refractivity contribution in [1.82, 2.24) is 0 Å². The van der Waals surface area contributed by atoms with Crippen molar-refractivity contribution in [3.05, 3.63) is 12.2 Å². The molecule has 1 atom stereocenters. The number of allylic oxidation sites excluding steroid dienone is 2. The summed E-state index contributed by atoms with van der Waals surface area (Å²) in [7, 11) is 0. The van der Waals surface area contributed by atoms with Gasteiger partial charge in [0.2, 0.25) is 0 Å². The van der Waals surface area contributed by atoms with E-state index in [2.05, 4.69) is 32.9 Å². The van der Waals surface area contributed by atoms with Crippen molar-refractivity contribution in [3.8, 4) is 0 Å². The van der Waals surface area contributed by atoms with Crippen LogP contribution in [-0.2, 0) is 28.6 Å². The first-order valence-electron chi connectivity index (χ1n) is 26.2. The maximum atomic E-state index is 12.7. The lowest BCUT2D eigenvalue weighted by molar-refractivity contribution is -0.167. The molecule has 0 fully saturated rings. The van der Waals surface area contributed by atoms with E-state index in [-0.39, 0.29) is 31.1 Å². The van der Waals surface area contributed by atoms with Crippen molar-refractivity contribution in [2.75, 3.05) is 13.2 Å². The molecule has 348 valence electrons. The second-order valence-electron chi connectivity index (χ2n) is 17.8. The predicted octanol–water partition coefficient (Wildman–Crippen LogP) is 17.0. The van der Waals surface area contributed by atoms with E-state index >= 15 is 0 Å². The fraction of sp³-hybridized carbons (Fsp3) is 0.906. The number of hydrogen-bond donors (Lipinski definition) is 0. The lowest BCUT2D eigenvalue weighted by Crippen LogP contribution is -2.30. The fourth-order valence-electron chi connectivity index (χ4n) is 7.80. The van der Waals surface area contributed by atoms with Gasteiger partial charge in [0.15, 0.2) is 6.10 Å². The van der Waals surface area contributed by atoms with Crippen LogP contribution in [0.1, 0.15) is 290 Å². The van der Waals surface area contributed by atoms with Crippen LogP contribution in [0.15, 0.2) is 12.2 Å². The normalized spacial score (nSPS) is 12.0. The van der Waals surface area contributed by atoms with Crippen LogP contribution < -0.4 is 0 Å². The van der Waals surface area contributed by atoms with Gasteiger partial charge in [-0.1, -0.05) is 245 Å². The molecule has 6 heteroatoms. The van der Waals surface area contributed by atoms with E-state index in [0.717, 1.165) is 57.8 Å². The van der Waals surface area contributed by atoms with Crippen molar-refractivity contribution in [2.24, 2.45) is 0 Å². The molecule has 59 heavy (non-hydrogen) atoms. The minimum absolute atomic E-state index is 0.0731.